The fraction of sp³-hybridized carbons (Fsp3) is 0.100. The quantitative estimate of drug-likeness (QED) is 0.564. The molecule has 0 saturated carbocycles. The minimum Gasteiger partial charge on any atom is -0.507 e. The summed E-state index contributed by atoms with van der Waals surface area (Å²) >= 11 is 0. The average molecular weight is 334 g/mol. The Kier molecular flexibility index (Phi) is 4.66. The van der Waals surface area contributed by atoms with Gasteiger partial charge in [0.2, 0.25) is 0 Å². The van der Waals surface area contributed by atoms with Gasteiger partial charge in [-0.2, -0.15) is 5.10 Å². The summed E-state index contributed by atoms with van der Waals surface area (Å²) in [5.74, 6) is 0.397. The molecule has 0 atom stereocenters. The number of phenols is 1. The number of fused-ring (bicyclic) bond motifs is 1. The zero-order valence-corrected chi connectivity index (χ0v) is 14.0. The molecule has 25 heavy (non-hydrogen) atoms. The molecule has 126 valence electrons. The lowest BCUT2D eigenvalue weighted by molar-refractivity contribution is 0.0954. The van der Waals surface area contributed by atoms with Crippen molar-refractivity contribution in [1.82, 2.24) is 5.43 Å². The van der Waals surface area contributed by atoms with Crippen LogP contribution in [0.25, 0.3) is 10.8 Å². The van der Waals surface area contributed by atoms with E-state index in [4.69, 9.17) is 4.74 Å². The standard InChI is InChI=1S/C20H18N2O3/c1-13(17-11-10-14-6-3-4-9-18(14)19(17)23)21-22-20(24)15-7-5-8-16(12-15)25-2/h3-12,23H,1-2H3,(H,22,24). The van der Waals surface area contributed by atoms with Crippen LogP contribution in [0, 0.1) is 0 Å². The predicted molar refractivity (Wildman–Crippen MR) is 98.3 cm³/mol. The first kappa shape index (κ1) is 16.5. The SMILES string of the molecule is COc1cccc(C(=O)NN=C(C)c2ccc3ccccc3c2O)c1. The van der Waals surface area contributed by atoms with Gasteiger partial charge in [0, 0.05) is 16.5 Å². The van der Waals surface area contributed by atoms with Gasteiger partial charge in [-0.1, -0.05) is 36.4 Å². The van der Waals surface area contributed by atoms with Crippen LogP contribution in [0.1, 0.15) is 22.8 Å². The summed E-state index contributed by atoms with van der Waals surface area (Å²) in [5, 5.41) is 16.3. The van der Waals surface area contributed by atoms with Crippen molar-refractivity contribution >= 4 is 22.4 Å². The zero-order chi connectivity index (χ0) is 17.8. The number of rotatable bonds is 4. The van der Waals surface area contributed by atoms with E-state index >= 15 is 0 Å². The second-order valence-corrected chi connectivity index (χ2v) is 5.55. The van der Waals surface area contributed by atoms with Crippen LogP contribution in [0.2, 0.25) is 0 Å². The van der Waals surface area contributed by atoms with Crippen molar-refractivity contribution in [1.29, 1.82) is 0 Å². The van der Waals surface area contributed by atoms with E-state index in [0.717, 1.165) is 10.8 Å². The number of benzene rings is 3. The maximum absolute atomic E-state index is 12.2. The Labute approximate surface area is 145 Å². The zero-order valence-electron chi connectivity index (χ0n) is 14.0. The molecule has 2 N–H and O–H groups in total. The smallest absolute Gasteiger partial charge is 0.271 e. The van der Waals surface area contributed by atoms with Crippen molar-refractivity contribution < 1.29 is 14.6 Å². The Bertz CT molecular complexity index is 964. The molecule has 3 aromatic carbocycles. The van der Waals surface area contributed by atoms with Gasteiger partial charge in [0.1, 0.15) is 11.5 Å². The molecule has 0 aliphatic heterocycles. The molecule has 0 fully saturated rings. The van der Waals surface area contributed by atoms with Gasteiger partial charge >= 0.3 is 0 Å². The first-order valence-electron chi connectivity index (χ1n) is 7.80. The third kappa shape index (κ3) is 3.45. The number of phenolic OH excluding ortho intramolecular Hbond substituents is 1. The highest BCUT2D eigenvalue weighted by Gasteiger charge is 2.10. The molecule has 5 heteroatoms. The van der Waals surface area contributed by atoms with Gasteiger partial charge in [0.25, 0.3) is 5.91 Å². The van der Waals surface area contributed by atoms with Gasteiger partial charge in [0.15, 0.2) is 0 Å². The number of amides is 1. The van der Waals surface area contributed by atoms with Gasteiger partial charge in [-0.15, -0.1) is 0 Å². The molecule has 0 spiro atoms. The summed E-state index contributed by atoms with van der Waals surface area (Å²) in [6.07, 6.45) is 0. The second-order valence-electron chi connectivity index (χ2n) is 5.55. The van der Waals surface area contributed by atoms with Crippen molar-refractivity contribution in [2.24, 2.45) is 5.10 Å². The lowest BCUT2D eigenvalue weighted by Crippen LogP contribution is -2.19. The van der Waals surface area contributed by atoms with Crippen LogP contribution in [0.3, 0.4) is 0 Å². The Morgan fingerprint density at radius 1 is 1.08 bits per heavy atom. The fourth-order valence-electron chi connectivity index (χ4n) is 2.57. The Hall–Kier alpha value is -3.34. The van der Waals surface area contributed by atoms with Crippen LogP contribution < -0.4 is 10.2 Å². The molecule has 0 radical (unpaired) electrons. The van der Waals surface area contributed by atoms with E-state index in [0.29, 0.717) is 22.6 Å². The topological polar surface area (TPSA) is 70.9 Å². The van der Waals surface area contributed by atoms with E-state index in [2.05, 4.69) is 10.5 Å². The molecule has 0 unspecified atom stereocenters. The highest BCUT2D eigenvalue weighted by molar-refractivity contribution is 6.07. The molecule has 0 saturated heterocycles. The maximum Gasteiger partial charge on any atom is 0.271 e. The number of nitrogens with zero attached hydrogens (tertiary/aromatic N) is 1. The predicted octanol–water partition coefficient (Wildman–Crippen LogP) is 3.71. The number of hydrazone groups is 1. The highest BCUT2D eigenvalue weighted by atomic mass is 16.5. The molecule has 0 aliphatic rings. The third-order valence-electron chi connectivity index (χ3n) is 3.95. The minimum atomic E-state index is -0.349. The Morgan fingerprint density at radius 3 is 2.68 bits per heavy atom. The third-order valence-corrected chi connectivity index (χ3v) is 3.95. The van der Waals surface area contributed by atoms with Gasteiger partial charge in [-0.25, -0.2) is 5.43 Å². The first-order chi connectivity index (χ1) is 12.1. The minimum absolute atomic E-state index is 0.148. The molecular formula is C20H18N2O3. The van der Waals surface area contributed by atoms with Crippen LogP contribution in [-0.4, -0.2) is 23.8 Å². The molecule has 3 rings (SSSR count). The Balaban J connectivity index is 1.84. The summed E-state index contributed by atoms with van der Waals surface area (Å²) < 4.78 is 5.11. The van der Waals surface area contributed by atoms with Crippen molar-refractivity contribution in [3.8, 4) is 11.5 Å². The molecule has 0 aliphatic carbocycles. The first-order valence-corrected chi connectivity index (χ1v) is 7.80. The van der Waals surface area contributed by atoms with Gasteiger partial charge in [-0.05, 0) is 36.6 Å². The summed E-state index contributed by atoms with van der Waals surface area (Å²) in [6.45, 7) is 1.73. The number of aromatic hydroxyl groups is 1. The maximum atomic E-state index is 12.2. The summed E-state index contributed by atoms with van der Waals surface area (Å²) in [4.78, 5) is 12.2. The van der Waals surface area contributed by atoms with Crippen molar-refractivity contribution in [2.45, 2.75) is 6.92 Å². The second kappa shape index (κ2) is 7.05. The number of hydrogen-bond donors (Lipinski definition) is 2. The van der Waals surface area contributed by atoms with Crippen LogP contribution in [0.5, 0.6) is 11.5 Å². The van der Waals surface area contributed by atoms with Gasteiger partial charge < -0.3 is 9.84 Å². The molecule has 0 heterocycles. The highest BCUT2D eigenvalue weighted by Crippen LogP contribution is 2.28. The molecular weight excluding hydrogens is 316 g/mol. The van der Waals surface area contributed by atoms with E-state index in [-0.39, 0.29) is 11.7 Å². The number of carbonyl (C=O) groups excluding carboxylic acids is 1. The number of carbonyl (C=O) groups is 1. The lowest BCUT2D eigenvalue weighted by atomic mass is 10.0. The van der Waals surface area contributed by atoms with Gasteiger partial charge in [-0.3, -0.25) is 4.79 Å². The van der Waals surface area contributed by atoms with Crippen LogP contribution in [0.4, 0.5) is 0 Å². The number of nitrogens with one attached hydrogen (secondary N) is 1. The van der Waals surface area contributed by atoms with Crippen molar-refractivity contribution in [3.05, 3.63) is 71.8 Å². The summed E-state index contributed by atoms with van der Waals surface area (Å²) in [5.41, 5.74) is 4.04. The summed E-state index contributed by atoms with van der Waals surface area (Å²) in [6, 6.07) is 18.1. The fourth-order valence-corrected chi connectivity index (χ4v) is 2.57. The van der Waals surface area contributed by atoms with Crippen LogP contribution in [0.15, 0.2) is 65.8 Å². The summed E-state index contributed by atoms with van der Waals surface area (Å²) in [7, 11) is 1.54. The largest absolute Gasteiger partial charge is 0.507 e. The Morgan fingerprint density at radius 2 is 1.88 bits per heavy atom. The van der Waals surface area contributed by atoms with E-state index < -0.39 is 0 Å². The number of ether oxygens (including phenoxy) is 1. The van der Waals surface area contributed by atoms with Crippen molar-refractivity contribution in [3.63, 3.8) is 0 Å². The number of methoxy groups -OCH3 is 1. The molecule has 5 nitrogen and oxygen atoms in total. The van der Waals surface area contributed by atoms with Gasteiger partial charge in [0.05, 0.1) is 12.8 Å². The van der Waals surface area contributed by atoms with Crippen LogP contribution in [-0.2, 0) is 0 Å². The molecule has 0 aromatic heterocycles. The van der Waals surface area contributed by atoms with E-state index in [1.807, 2.05) is 30.3 Å². The van der Waals surface area contributed by atoms with E-state index in [9.17, 15) is 9.90 Å². The monoisotopic (exact) mass is 334 g/mol. The lowest BCUT2D eigenvalue weighted by Gasteiger charge is -2.08. The van der Waals surface area contributed by atoms with Crippen molar-refractivity contribution in [2.75, 3.05) is 7.11 Å². The molecule has 0 bridgehead atoms. The van der Waals surface area contributed by atoms with E-state index in [1.54, 1.807) is 44.4 Å². The average Bonchev–Trinajstić information content (AvgIpc) is 2.66. The van der Waals surface area contributed by atoms with Crippen LogP contribution >= 0.6 is 0 Å². The van der Waals surface area contributed by atoms with E-state index in [1.165, 1.54) is 0 Å². The normalized spacial score (nSPS) is 11.4. The number of hydrogen-bond acceptors (Lipinski definition) is 4. The molecule has 1 amide bonds. The molecule has 3 aromatic rings.